The maximum absolute atomic E-state index is 2.59. The Hall–Kier alpha value is -3.42. The molecular weight excluding hydrogens is 460 g/mol. The number of fused-ring (bicyclic) bond motifs is 2. The molecule has 0 aliphatic heterocycles. The molecule has 0 radical (unpaired) electrons. The van der Waals surface area contributed by atoms with Crippen molar-refractivity contribution in [3.63, 3.8) is 0 Å². The van der Waals surface area contributed by atoms with E-state index in [1.54, 1.807) is 16.0 Å². The van der Waals surface area contributed by atoms with Crippen molar-refractivity contribution < 1.29 is 0 Å². The van der Waals surface area contributed by atoms with Crippen molar-refractivity contribution in [1.82, 2.24) is 0 Å². The van der Waals surface area contributed by atoms with E-state index in [9.17, 15) is 0 Å². The van der Waals surface area contributed by atoms with E-state index < -0.39 is 8.07 Å². The summed E-state index contributed by atoms with van der Waals surface area (Å²) in [7, 11) is -1.98. The average molecular weight is 497 g/mol. The van der Waals surface area contributed by atoms with Crippen molar-refractivity contribution in [2.45, 2.75) is 47.2 Å². The van der Waals surface area contributed by atoms with Crippen LogP contribution in [0.3, 0.4) is 0 Å². The van der Waals surface area contributed by atoms with Gasteiger partial charge in [0.2, 0.25) is 0 Å². The molecular formula is C36H36Si. The first kappa shape index (κ1) is 23.9. The third-order valence-electron chi connectivity index (χ3n) is 8.80. The van der Waals surface area contributed by atoms with Crippen LogP contribution in [0.5, 0.6) is 0 Å². The fourth-order valence-corrected chi connectivity index (χ4v) is 11.8. The van der Waals surface area contributed by atoms with Crippen LogP contribution in [0, 0.1) is 19.8 Å². The second kappa shape index (κ2) is 8.85. The molecule has 3 aromatic carbocycles. The molecule has 0 N–H and O–H groups in total. The zero-order valence-corrected chi connectivity index (χ0v) is 23.9. The van der Waals surface area contributed by atoms with Crippen LogP contribution in [0.15, 0.2) is 113 Å². The molecule has 6 rings (SSSR count). The Kier molecular flexibility index (Phi) is 5.73. The lowest BCUT2D eigenvalue weighted by molar-refractivity contribution is 0.986. The van der Waals surface area contributed by atoms with E-state index in [0.29, 0.717) is 5.92 Å². The van der Waals surface area contributed by atoms with E-state index in [1.165, 1.54) is 55.7 Å². The van der Waals surface area contributed by atoms with E-state index in [-0.39, 0.29) is 0 Å². The van der Waals surface area contributed by atoms with Gasteiger partial charge in [0.25, 0.3) is 0 Å². The first-order valence-electron chi connectivity index (χ1n) is 13.5. The van der Waals surface area contributed by atoms with Crippen LogP contribution >= 0.6 is 0 Å². The Morgan fingerprint density at radius 1 is 0.703 bits per heavy atom. The molecule has 1 heteroatoms. The van der Waals surface area contributed by atoms with Crippen LogP contribution in [0.25, 0.3) is 21.9 Å². The maximum atomic E-state index is 2.59. The van der Waals surface area contributed by atoms with Crippen LogP contribution in [-0.2, 0) is 6.42 Å². The molecule has 0 nitrogen and oxygen atoms in total. The third kappa shape index (κ3) is 3.71. The van der Waals surface area contributed by atoms with Crippen molar-refractivity contribution in [2.24, 2.45) is 5.92 Å². The van der Waals surface area contributed by atoms with Crippen molar-refractivity contribution in [2.75, 3.05) is 0 Å². The lowest BCUT2D eigenvalue weighted by Crippen LogP contribution is -2.35. The lowest BCUT2D eigenvalue weighted by Gasteiger charge is -2.34. The molecule has 184 valence electrons. The molecule has 3 aliphatic rings. The van der Waals surface area contributed by atoms with Crippen LogP contribution in [0.2, 0.25) is 13.1 Å². The van der Waals surface area contributed by atoms with Gasteiger partial charge in [0.1, 0.15) is 8.07 Å². The standard InChI is InChI=1S/C36H36Si/c1-23-13-7-9-15-27(23)29-17-11-19-31-33(29)21-25(3)35(31)37(5,6)36-26(4)22-34-30(18-12-20-32(34)36)28-16-10-8-14-24(28)2/h7-21,31H,22H2,1-6H3. The molecule has 0 bridgehead atoms. The van der Waals surface area contributed by atoms with Gasteiger partial charge in [-0.25, -0.2) is 0 Å². The molecule has 0 amide bonds. The Morgan fingerprint density at radius 3 is 2.03 bits per heavy atom. The summed E-state index contributed by atoms with van der Waals surface area (Å²) in [4.78, 5) is 0. The Balaban J connectivity index is 1.42. The fourth-order valence-electron chi connectivity index (χ4n) is 7.34. The Bertz CT molecular complexity index is 1600. The fraction of sp³-hybridized carbons (Fsp3) is 0.222. The largest absolute Gasteiger partial charge is 0.109 e. The summed E-state index contributed by atoms with van der Waals surface area (Å²) in [6, 6.07) is 24.7. The van der Waals surface area contributed by atoms with Gasteiger partial charge in [-0.15, -0.1) is 0 Å². The van der Waals surface area contributed by atoms with Crippen molar-refractivity contribution in [3.05, 3.63) is 141 Å². The summed E-state index contributed by atoms with van der Waals surface area (Å²) in [5.41, 5.74) is 15.8. The van der Waals surface area contributed by atoms with E-state index in [1.807, 2.05) is 0 Å². The number of hydrogen-bond donors (Lipinski definition) is 0. The summed E-state index contributed by atoms with van der Waals surface area (Å²) in [5, 5.41) is 3.34. The molecule has 0 saturated heterocycles. The summed E-state index contributed by atoms with van der Waals surface area (Å²) in [6.45, 7) is 14.4. The van der Waals surface area contributed by atoms with E-state index in [4.69, 9.17) is 0 Å². The number of rotatable bonds is 4. The smallest absolute Gasteiger partial charge is 0.0733 e. The van der Waals surface area contributed by atoms with Gasteiger partial charge in [-0.2, -0.15) is 0 Å². The van der Waals surface area contributed by atoms with Gasteiger partial charge in [0.05, 0.1) is 0 Å². The van der Waals surface area contributed by atoms with Gasteiger partial charge in [-0.3, -0.25) is 0 Å². The van der Waals surface area contributed by atoms with Crippen molar-refractivity contribution in [1.29, 1.82) is 0 Å². The number of hydrogen-bond acceptors (Lipinski definition) is 0. The van der Waals surface area contributed by atoms with Crippen LogP contribution in [0.1, 0.15) is 41.7 Å². The molecule has 0 heterocycles. The number of aryl methyl sites for hydroxylation is 2. The summed E-state index contributed by atoms with van der Waals surface area (Å²) >= 11 is 0. The monoisotopic (exact) mass is 496 g/mol. The zero-order valence-electron chi connectivity index (χ0n) is 22.9. The normalized spacial score (nSPS) is 18.7. The lowest BCUT2D eigenvalue weighted by atomic mass is 9.85. The first-order valence-corrected chi connectivity index (χ1v) is 16.5. The van der Waals surface area contributed by atoms with Crippen molar-refractivity contribution >= 4 is 18.8 Å². The summed E-state index contributed by atoms with van der Waals surface area (Å²) in [5.74, 6) is 0.380. The number of benzene rings is 3. The van der Waals surface area contributed by atoms with Gasteiger partial charge >= 0.3 is 0 Å². The SMILES string of the molecule is CC1=C([Si](C)(C)C2=C(C)Cc3c2cccc3-c2ccccc2C)C2C=CC=C(c3ccccc3C)C2=C1. The molecule has 0 fully saturated rings. The second-order valence-electron chi connectivity index (χ2n) is 11.6. The maximum Gasteiger partial charge on any atom is 0.109 e. The second-order valence-corrected chi connectivity index (χ2v) is 15.8. The topological polar surface area (TPSA) is 0 Å². The van der Waals surface area contributed by atoms with Gasteiger partial charge in [0, 0.05) is 5.92 Å². The minimum atomic E-state index is -1.98. The first-order chi connectivity index (χ1) is 17.8. The highest BCUT2D eigenvalue weighted by atomic mass is 28.3. The molecule has 3 aliphatic carbocycles. The molecule has 1 unspecified atom stereocenters. The van der Waals surface area contributed by atoms with Gasteiger partial charge in [-0.1, -0.05) is 120 Å². The average Bonchev–Trinajstić information content (AvgIpc) is 3.41. The third-order valence-corrected chi connectivity index (χ3v) is 12.8. The molecule has 1 atom stereocenters. The Morgan fingerprint density at radius 2 is 1.32 bits per heavy atom. The highest BCUT2D eigenvalue weighted by Crippen LogP contribution is 2.52. The molecule has 0 saturated carbocycles. The Labute approximate surface area is 223 Å². The predicted molar refractivity (Wildman–Crippen MR) is 163 cm³/mol. The van der Waals surface area contributed by atoms with E-state index >= 15 is 0 Å². The van der Waals surface area contributed by atoms with Crippen LogP contribution in [0.4, 0.5) is 0 Å². The van der Waals surface area contributed by atoms with Gasteiger partial charge < -0.3 is 0 Å². The minimum absolute atomic E-state index is 0.380. The predicted octanol–water partition coefficient (Wildman–Crippen LogP) is 9.61. The van der Waals surface area contributed by atoms with E-state index in [0.717, 1.165) is 6.42 Å². The highest BCUT2D eigenvalue weighted by molar-refractivity contribution is 7.00. The highest BCUT2D eigenvalue weighted by Gasteiger charge is 2.43. The molecule has 3 aromatic rings. The quantitative estimate of drug-likeness (QED) is 0.315. The minimum Gasteiger partial charge on any atom is -0.0733 e. The van der Waals surface area contributed by atoms with Gasteiger partial charge in [-0.05, 0) is 89.4 Å². The number of allylic oxidation sites excluding steroid dienone is 9. The van der Waals surface area contributed by atoms with Crippen LogP contribution in [-0.4, -0.2) is 8.07 Å². The van der Waals surface area contributed by atoms with Crippen molar-refractivity contribution in [3.8, 4) is 11.1 Å². The van der Waals surface area contributed by atoms with Crippen LogP contribution < -0.4 is 0 Å². The van der Waals surface area contributed by atoms with Gasteiger partial charge in [0.15, 0.2) is 0 Å². The summed E-state index contributed by atoms with van der Waals surface area (Å²) < 4.78 is 0. The summed E-state index contributed by atoms with van der Waals surface area (Å²) in [6.07, 6.45) is 10.6. The molecule has 37 heavy (non-hydrogen) atoms. The zero-order chi connectivity index (χ0) is 25.9. The molecule has 0 spiro atoms. The van der Waals surface area contributed by atoms with E-state index in [2.05, 4.69) is 132 Å². The molecule has 0 aromatic heterocycles.